The lowest BCUT2D eigenvalue weighted by molar-refractivity contribution is 0.112. The van der Waals surface area contributed by atoms with Gasteiger partial charge in [-0.3, -0.25) is 4.79 Å². The zero-order valence-corrected chi connectivity index (χ0v) is 14.2. The second-order valence-electron chi connectivity index (χ2n) is 4.98. The van der Waals surface area contributed by atoms with E-state index in [0.717, 1.165) is 28.3 Å². The molecule has 0 fully saturated rings. The molecule has 0 spiro atoms. The highest BCUT2D eigenvalue weighted by Crippen LogP contribution is 2.33. The van der Waals surface area contributed by atoms with Gasteiger partial charge < -0.3 is 0 Å². The van der Waals surface area contributed by atoms with Gasteiger partial charge in [0.2, 0.25) is 0 Å². The van der Waals surface area contributed by atoms with Gasteiger partial charge in [-0.2, -0.15) is 0 Å². The molecule has 0 aliphatic rings. The second-order valence-corrected chi connectivity index (χ2v) is 7.07. The molecule has 0 saturated heterocycles. The number of rotatable bonds is 7. The maximum absolute atomic E-state index is 11.2. The lowest BCUT2D eigenvalue weighted by Gasteiger charge is -2.09. The largest absolute Gasteiger partial charge is 0.298 e. The molecule has 0 N–H and O–H groups in total. The van der Waals surface area contributed by atoms with E-state index < -0.39 is 0 Å². The predicted molar refractivity (Wildman–Crippen MR) is 92.1 cm³/mol. The van der Waals surface area contributed by atoms with Crippen LogP contribution in [0, 0.1) is 0 Å². The van der Waals surface area contributed by atoms with Crippen molar-refractivity contribution in [1.82, 2.24) is 0 Å². The van der Waals surface area contributed by atoms with E-state index in [1.807, 2.05) is 12.1 Å². The van der Waals surface area contributed by atoms with Crippen LogP contribution in [-0.2, 0) is 0 Å². The number of thioether (sulfide) groups is 2. The lowest BCUT2D eigenvalue weighted by atomic mass is 10.2. The van der Waals surface area contributed by atoms with Crippen molar-refractivity contribution < 1.29 is 4.79 Å². The molecule has 0 bridgehead atoms. The summed E-state index contributed by atoms with van der Waals surface area (Å²) in [4.78, 5) is 13.5. The summed E-state index contributed by atoms with van der Waals surface area (Å²) >= 11 is 3.52. The Balaban J connectivity index is 2.89. The number of hydrogen-bond acceptors (Lipinski definition) is 3. The number of carbonyl (C=O) groups is 1. The molecule has 1 aromatic carbocycles. The molecule has 0 aromatic heterocycles. The molecule has 1 rings (SSSR count). The molecule has 0 heterocycles. The molecule has 20 heavy (non-hydrogen) atoms. The first kappa shape index (κ1) is 17.1. The molecular weight excluding hydrogens is 284 g/mol. The van der Waals surface area contributed by atoms with Crippen molar-refractivity contribution in [3.8, 4) is 0 Å². The number of aldehydes is 1. The molecule has 0 saturated carbocycles. The van der Waals surface area contributed by atoms with Crippen molar-refractivity contribution in [3.63, 3.8) is 0 Å². The Kier molecular flexibility index (Phi) is 7.78. The monoisotopic (exact) mass is 306 g/mol. The topological polar surface area (TPSA) is 17.1 Å². The van der Waals surface area contributed by atoms with Crippen molar-refractivity contribution in [2.45, 2.75) is 37.5 Å². The fourth-order valence-corrected chi connectivity index (χ4v) is 3.93. The van der Waals surface area contributed by atoms with Crippen LogP contribution in [0.3, 0.4) is 0 Å². The van der Waals surface area contributed by atoms with Gasteiger partial charge in [0.05, 0.1) is 0 Å². The van der Waals surface area contributed by atoms with Crippen LogP contribution in [0.25, 0.3) is 0 Å². The van der Waals surface area contributed by atoms with E-state index in [2.05, 4.69) is 45.9 Å². The Morgan fingerprint density at radius 1 is 1.00 bits per heavy atom. The van der Waals surface area contributed by atoms with Crippen LogP contribution in [-0.4, -0.2) is 17.8 Å². The summed E-state index contributed by atoms with van der Waals surface area (Å²) in [7, 11) is 0. The minimum absolute atomic E-state index is 0.791. The molecule has 0 aliphatic carbocycles. The SMILES string of the molecule is CC(C)=CCSc1cccc(C=O)c1SCC=C(C)C. The van der Waals surface area contributed by atoms with E-state index in [1.54, 1.807) is 23.5 Å². The average Bonchev–Trinajstić information content (AvgIpc) is 2.39. The first-order chi connectivity index (χ1) is 9.54. The van der Waals surface area contributed by atoms with Gasteiger partial charge in [-0.15, -0.1) is 23.5 Å². The van der Waals surface area contributed by atoms with Gasteiger partial charge in [0.25, 0.3) is 0 Å². The Labute approximate surface area is 130 Å². The Bertz CT molecular complexity index is 508. The van der Waals surface area contributed by atoms with Gasteiger partial charge in [-0.1, -0.05) is 35.4 Å². The molecule has 0 unspecified atom stereocenters. The van der Waals surface area contributed by atoms with Gasteiger partial charge in [0, 0.05) is 26.9 Å². The maximum atomic E-state index is 11.2. The van der Waals surface area contributed by atoms with Gasteiger partial charge in [-0.05, 0) is 33.8 Å². The highest BCUT2D eigenvalue weighted by atomic mass is 32.2. The summed E-state index contributed by atoms with van der Waals surface area (Å²) in [5.41, 5.74) is 3.42. The average molecular weight is 306 g/mol. The maximum Gasteiger partial charge on any atom is 0.151 e. The summed E-state index contributed by atoms with van der Waals surface area (Å²) < 4.78 is 0. The number of carbonyl (C=O) groups excluding carboxylic acids is 1. The minimum atomic E-state index is 0.791. The summed E-state index contributed by atoms with van der Waals surface area (Å²) in [6.07, 6.45) is 5.36. The van der Waals surface area contributed by atoms with Crippen LogP contribution in [0.5, 0.6) is 0 Å². The van der Waals surface area contributed by atoms with Crippen molar-refractivity contribution in [2.75, 3.05) is 11.5 Å². The summed E-state index contributed by atoms with van der Waals surface area (Å²) in [6.45, 7) is 8.40. The second kappa shape index (κ2) is 9.09. The van der Waals surface area contributed by atoms with E-state index in [0.29, 0.717) is 0 Å². The van der Waals surface area contributed by atoms with E-state index in [4.69, 9.17) is 0 Å². The molecule has 0 aliphatic heterocycles. The van der Waals surface area contributed by atoms with Crippen molar-refractivity contribution in [2.24, 2.45) is 0 Å². The molecule has 3 heteroatoms. The number of allylic oxidation sites excluding steroid dienone is 2. The van der Waals surface area contributed by atoms with Crippen LogP contribution < -0.4 is 0 Å². The predicted octanol–water partition coefficient (Wildman–Crippen LogP) is 5.62. The summed E-state index contributed by atoms with van der Waals surface area (Å²) in [5, 5.41) is 0. The molecular formula is C17H22OS2. The van der Waals surface area contributed by atoms with Crippen LogP contribution >= 0.6 is 23.5 Å². The first-order valence-electron chi connectivity index (χ1n) is 6.65. The van der Waals surface area contributed by atoms with Gasteiger partial charge in [-0.25, -0.2) is 0 Å². The molecule has 0 amide bonds. The molecule has 1 aromatic rings. The summed E-state index contributed by atoms with van der Waals surface area (Å²) in [5.74, 6) is 1.85. The van der Waals surface area contributed by atoms with Crippen molar-refractivity contribution in [1.29, 1.82) is 0 Å². The van der Waals surface area contributed by atoms with Gasteiger partial charge in [0.1, 0.15) is 0 Å². The highest BCUT2D eigenvalue weighted by Gasteiger charge is 2.08. The van der Waals surface area contributed by atoms with E-state index >= 15 is 0 Å². The van der Waals surface area contributed by atoms with E-state index in [1.165, 1.54) is 16.0 Å². The smallest absolute Gasteiger partial charge is 0.151 e. The third-order valence-electron chi connectivity index (χ3n) is 2.59. The van der Waals surface area contributed by atoms with Crippen LogP contribution in [0.15, 0.2) is 51.3 Å². The van der Waals surface area contributed by atoms with Crippen LogP contribution in [0.1, 0.15) is 38.1 Å². The zero-order valence-electron chi connectivity index (χ0n) is 12.6. The van der Waals surface area contributed by atoms with Gasteiger partial charge >= 0.3 is 0 Å². The Morgan fingerprint density at radius 2 is 1.60 bits per heavy atom. The standard InChI is InChI=1S/C17H22OS2/c1-13(2)8-10-19-16-7-5-6-15(12-18)17(16)20-11-9-14(3)4/h5-9,12H,10-11H2,1-4H3. The molecule has 108 valence electrons. The van der Waals surface area contributed by atoms with Crippen molar-refractivity contribution in [3.05, 3.63) is 47.1 Å². The third kappa shape index (κ3) is 6.02. The van der Waals surface area contributed by atoms with E-state index in [9.17, 15) is 4.79 Å². The fraction of sp³-hybridized carbons (Fsp3) is 0.353. The Hall–Kier alpha value is -0.930. The first-order valence-corrected chi connectivity index (χ1v) is 8.62. The number of hydrogen-bond donors (Lipinski definition) is 0. The highest BCUT2D eigenvalue weighted by molar-refractivity contribution is 8.02. The zero-order chi connectivity index (χ0) is 15.0. The third-order valence-corrected chi connectivity index (χ3v) is 4.78. The Morgan fingerprint density at radius 3 is 2.15 bits per heavy atom. The lowest BCUT2D eigenvalue weighted by Crippen LogP contribution is -1.90. The molecule has 0 radical (unpaired) electrons. The van der Waals surface area contributed by atoms with E-state index in [-0.39, 0.29) is 0 Å². The van der Waals surface area contributed by atoms with Crippen LogP contribution in [0.4, 0.5) is 0 Å². The molecule has 0 atom stereocenters. The fourth-order valence-electron chi connectivity index (χ4n) is 1.48. The normalized spacial score (nSPS) is 10.0. The van der Waals surface area contributed by atoms with Crippen molar-refractivity contribution >= 4 is 29.8 Å². The summed E-state index contributed by atoms with van der Waals surface area (Å²) in [6, 6.07) is 5.95. The number of benzene rings is 1. The molecule has 1 nitrogen and oxygen atoms in total. The minimum Gasteiger partial charge on any atom is -0.298 e. The van der Waals surface area contributed by atoms with Crippen LogP contribution in [0.2, 0.25) is 0 Å². The quantitative estimate of drug-likeness (QED) is 0.370. The van der Waals surface area contributed by atoms with Gasteiger partial charge in [0.15, 0.2) is 6.29 Å².